The highest BCUT2D eigenvalue weighted by Crippen LogP contribution is 2.34. The molecule has 2 aromatic rings. The normalized spacial score (nSPS) is 10.0. The molecule has 0 atom stereocenters. The van der Waals surface area contributed by atoms with E-state index < -0.39 is 4.92 Å². The third-order valence-corrected chi connectivity index (χ3v) is 2.34. The number of non-ortho nitro benzene ring substituents is 1. The smallest absolute Gasteiger partial charge is 0.273 e. The minimum atomic E-state index is -0.532. The largest absolute Gasteiger partial charge is 0.493 e. The maximum atomic E-state index is 10.7. The molecular formula is C11H8ClN3O4. The van der Waals surface area contributed by atoms with E-state index >= 15 is 0 Å². The van der Waals surface area contributed by atoms with Crippen LogP contribution >= 0.6 is 11.6 Å². The van der Waals surface area contributed by atoms with Crippen molar-refractivity contribution in [3.8, 4) is 17.4 Å². The maximum Gasteiger partial charge on any atom is 0.273 e. The lowest BCUT2D eigenvalue weighted by Crippen LogP contribution is -1.95. The number of halogens is 1. The first-order valence-corrected chi connectivity index (χ1v) is 5.46. The summed E-state index contributed by atoms with van der Waals surface area (Å²) in [4.78, 5) is 17.9. The molecule has 0 N–H and O–H groups in total. The number of aromatic nitrogens is 2. The second-order valence-corrected chi connectivity index (χ2v) is 3.76. The third-order valence-electron chi connectivity index (χ3n) is 2.16. The van der Waals surface area contributed by atoms with Gasteiger partial charge >= 0.3 is 0 Å². The highest BCUT2D eigenvalue weighted by molar-refractivity contribution is 6.29. The molecule has 0 saturated carbocycles. The fourth-order valence-corrected chi connectivity index (χ4v) is 1.49. The number of hydrogen-bond acceptors (Lipinski definition) is 6. The summed E-state index contributed by atoms with van der Waals surface area (Å²) in [6, 6.07) is 3.99. The molecule has 98 valence electrons. The van der Waals surface area contributed by atoms with Gasteiger partial charge in [0, 0.05) is 6.07 Å². The van der Waals surface area contributed by atoms with Crippen LogP contribution in [-0.2, 0) is 0 Å². The third kappa shape index (κ3) is 3.08. The van der Waals surface area contributed by atoms with Gasteiger partial charge < -0.3 is 9.47 Å². The van der Waals surface area contributed by atoms with Crippen LogP contribution in [0.2, 0.25) is 5.15 Å². The lowest BCUT2D eigenvalue weighted by atomic mass is 10.3. The van der Waals surface area contributed by atoms with Crippen molar-refractivity contribution in [3.63, 3.8) is 0 Å². The zero-order chi connectivity index (χ0) is 13.8. The molecule has 0 fully saturated rings. The van der Waals surface area contributed by atoms with Gasteiger partial charge in [0.25, 0.3) is 5.69 Å². The van der Waals surface area contributed by atoms with Crippen LogP contribution in [0.25, 0.3) is 0 Å². The molecule has 0 bridgehead atoms. The van der Waals surface area contributed by atoms with Crippen LogP contribution < -0.4 is 9.47 Å². The van der Waals surface area contributed by atoms with Gasteiger partial charge in [-0.25, -0.2) is 0 Å². The van der Waals surface area contributed by atoms with Gasteiger partial charge in [-0.3, -0.25) is 15.1 Å². The summed E-state index contributed by atoms with van der Waals surface area (Å²) >= 11 is 5.67. The highest BCUT2D eigenvalue weighted by Gasteiger charge is 2.14. The Morgan fingerprint density at radius 2 is 2.11 bits per heavy atom. The van der Waals surface area contributed by atoms with Crippen molar-refractivity contribution in [1.29, 1.82) is 0 Å². The Morgan fingerprint density at radius 1 is 1.32 bits per heavy atom. The Kier molecular flexibility index (Phi) is 3.76. The topological polar surface area (TPSA) is 87.4 Å². The summed E-state index contributed by atoms with van der Waals surface area (Å²) in [7, 11) is 1.43. The van der Waals surface area contributed by atoms with E-state index in [4.69, 9.17) is 21.1 Å². The minimum absolute atomic E-state index is 0.117. The SMILES string of the molecule is COc1ccc([N+](=O)[O-])cc1Oc1cncc(Cl)n1. The van der Waals surface area contributed by atoms with Gasteiger partial charge in [0.05, 0.1) is 30.5 Å². The molecule has 19 heavy (non-hydrogen) atoms. The Bertz CT molecular complexity index is 621. The van der Waals surface area contributed by atoms with E-state index in [1.165, 1.54) is 37.7 Å². The molecule has 1 aromatic carbocycles. The first-order chi connectivity index (χ1) is 9.10. The van der Waals surface area contributed by atoms with Gasteiger partial charge in [-0.05, 0) is 6.07 Å². The number of nitrogens with zero attached hydrogens (tertiary/aromatic N) is 3. The van der Waals surface area contributed by atoms with Gasteiger partial charge in [-0.1, -0.05) is 11.6 Å². The fraction of sp³-hybridized carbons (Fsp3) is 0.0909. The van der Waals surface area contributed by atoms with Crippen LogP contribution in [0.3, 0.4) is 0 Å². The van der Waals surface area contributed by atoms with E-state index in [1.807, 2.05) is 0 Å². The van der Waals surface area contributed by atoms with Crippen molar-refractivity contribution < 1.29 is 14.4 Å². The number of nitro groups is 1. The summed E-state index contributed by atoms with van der Waals surface area (Å²) in [5.74, 6) is 0.618. The fourth-order valence-electron chi connectivity index (χ4n) is 1.35. The first-order valence-electron chi connectivity index (χ1n) is 5.08. The van der Waals surface area contributed by atoms with Crippen LogP contribution in [0.15, 0.2) is 30.6 Å². The zero-order valence-electron chi connectivity index (χ0n) is 9.74. The van der Waals surface area contributed by atoms with Crippen LogP contribution in [0.5, 0.6) is 17.4 Å². The molecule has 1 heterocycles. The van der Waals surface area contributed by atoms with Gasteiger partial charge in [0.1, 0.15) is 0 Å². The standard InChI is InChI=1S/C11H8ClN3O4/c1-18-8-3-2-7(15(16)17)4-9(8)19-11-6-13-5-10(12)14-11/h2-6H,1H3. The molecule has 0 aliphatic rings. The van der Waals surface area contributed by atoms with Crippen LogP contribution in [0.1, 0.15) is 0 Å². The Labute approximate surface area is 112 Å². The predicted octanol–water partition coefficient (Wildman–Crippen LogP) is 2.84. The number of benzene rings is 1. The van der Waals surface area contributed by atoms with E-state index in [0.717, 1.165) is 0 Å². The summed E-state index contributed by atoms with van der Waals surface area (Å²) in [6.07, 6.45) is 2.68. The maximum absolute atomic E-state index is 10.7. The Morgan fingerprint density at radius 3 is 2.74 bits per heavy atom. The number of methoxy groups -OCH3 is 1. The lowest BCUT2D eigenvalue weighted by molar-refractivity contribution is -0.384. The molecule has 0 saturated heterocycles. The molecule has 0 amide bonds. The quantitative estimate of drug-likeness (QED) is 0.632. The number of hydrogen-bond donors (Lipinski definition) is 0. The molecular weight excluding hydrogens is 274 g/mol. The van der Waals surface area contributed by atoms with Gasteiger partial charge in [0.15, 0.2) is 16.7 Å². The first kappa shape index (κ1) is 13.0. The predicted molar refractivity (Wildman–Crippen MR) is 66.8 cm³/mol. The summed E-state index contributed by atoms with van der Waals surface area (Å²) < 4.78 is 10.4. The van der Waals surface area contributed by atoms with Crippen molar-refractivity contribution in [1.82, 2.24) is 9.97 Å². The minimum Gasteiger partial charge on any atom is -0.493 e. The van der Waals surface area contributed by atoms with E-state index in [0.29, 0.717) is 5.75 Å². The molecule has 8 heteroatoms. The molecule has 0 aliphatic carbocycles. The van der Waals surface area contributed by atoms with E-state index in [2.05, 4.69) is 9.97 Å². The monoisotopic (exact) mass is 281 g/mol. The van der Waals surface area contributed by atoms with Gasteiger partial charge in [-0.2, -0.15) is 4.98 Å². The summed E-state index contributed by atoms with van der Waals surface area (Å²) in [5.41, 5.74) is -0.120. The molecule has 0 radical (unpaired) electrons. The Hall–Kier alpha value is -2.41. The van der Waals surface area contributed by atoms with E-state index in [-0.39, 0.29) is 22.5 Å². The molecule has 2 rings (SSSR count). The molecule has 0 spiro atoms. The van der Waals surface area contributed by atoms with E-state index in [1.54, 1.807) is 0 Å². The van der Waals surface area contributed by atoms with Gasteiger partial charge in [-0.15, -0.1) is 0 Å². The molecule has 7 nitrogen and oxygen atoms in total. The number of ether oxygens (including phenoxy) is 2. The summed E-state index contributed by atoms with van der Waals surface area (Å²) in [5, 5.41) is 10.9. The Balaban J connectivity index is 2.37. The number of rotatable bonds is 4. The van der Waals surface area contributed by atoms with Crippen molar-refractivity contribution in [2.75, 3.05) is 7.11 Å². The van der Waals surface area contributed by atoms with E-state index in [9.17, 15) is 10.1 Å². The molecule has 0 aliphatic heterocycles. The van der Waals surface area contributed by atoms with Crippen LogP contribution in [-0.4, -0.2) is 22.0 Å². The van der Waals surface area contributed by atoms with Crippen molar-refractivity contribution in [3.05, 3.63) is 45.9 Å². The zero-order valence-corrected chi connectivity index (χ0v) is 10.5. The second kappa shape index (κ2) is 5.49. The average molecular weight is 282 g/mol. The molecule has 0 unspecified atom stereocenters. The average Bonchev–Trinajstić information content (AvgIpc) is 2.38. The van der Waals surface area contributed by atoms with Crippen LogP contribution in [0, 0.1) is 10.1 Å². The highest BCUT2D eigenvalue weighted by atomic mass is 35.5. The second-order valence-electron chi connectivity index (χ2n) is 3.37. The molecule has 1 aromatic heterocycles. The van der Waals surface area contributed by atoms with Crippen LogP contribution in [0.4, 0.5) is 5.69 Å². The van der Waals surface area contributed by atoms with Crippen molar-refractivity contribution in [2.45, 2.75) is 0 Å². The van der Waals surface area contributed by atoms with Crippen molar-refractivity contribution >= 4 is 17.3 Å². The lowest BCUT2D eigenvalue weighted by Gasteiger charge is -2.08. The van der Waals surface area contributed by atoms with Gasteiger partial charge in [0.2, 0.25) is 5.88 Å². The van der Waals surface area contributed by atoms with Crippen molar-refractivity contribution in [2.24, 2.45) is 0 Å². The number of nitro benzene ring substituents is 1. The summed E-state index contributed by atoms with van der Waals surface area (Å²) in [6.45, 7) is 0.